The Hall–Kier alpha value is -1.55. The van der Waals surface area contributed by atoms with Crippen molar-refractivity contribution in [3.63, 3.8) is 0 Å². The number of benzene rings is 2. The molecule has 5 heteroatoms. The molecule has 0 aliphatic carbocycles. The van der Waals surface area contributed by atoms with Crippen LogP contribution in [0.15, 0.2) is 48.5 Å². The Morgan fingerprint density at radius 3 is 2.50 bits per heavy atom. The first-order valence-electron chi connectivity index (χ1n) is 8.18. The second kappa shape index (κ2) is 8.02. The average molecular weight is 363 g/mol. The highest BCUT2D eigenvalue weighted by Crippen LogP contribution is 2.32. The minimum Gasteiger partial charge on any atom is -0.324 e. The molecule has 1 N–H and O–H groups in total. The Morgan fingerprint density at radius 2 is 1.79 bits per heavy atom. The number of nitrogens with zero attached hydrogens (tertiary/aromatic N) is 1. The van der Waals surface area contributed by atoms with Crippen LogP contribution >= 0.6 is 23.2 Å². The molecule has 3 rings (SSSR count). The number of halogens is 2. The Labute approximate surface area is 152 Å². The molecule has 1 fully saturated rings. The van der Waals surface area contributed by atoms with Crippen molar-refractivity contribution in [1.29, 1.82) is 0 Å². The van der Waals surface area contributed by atoms with Crippen molar-refractivity contribution in [2.75, 3.05) is 18.4 Å². The van der Waals surface area contributed by atoms with Crippen molar-refractivity contribution in [2.24, 2.45) is 0 Å². The highest BCUT2D eigenvalue weighted by molar-refractivity contribution is 6.39. The quantitative estimate of drug-likeness (QED) is 0.796. The Bertz CT molecular complexity index is 686. The van der Waals surface area contributed by atoms with Crippen LogP contribution in [0.3, 0.4) is 0 Å². The fourth-order valence-electron chi connectivity index (χ4n) is 3.21. The molecule has 0 bridgehead atoms. The summed E-state index contributed by atoms with van der Waals surface area (Å²) in [5, 5.41) is 3.74. The Balaban J connectivity index is 1.58. The standard InChI is InChI=1S/C19H20Cl2N2O/c20-15-8-4-9-16(21)19(15)22-18(24)11-13-23-12-5-10-17(23)14-6-2-1-3-7-14/h1-4,6-9,17H,5,10-13H2,(H,22,24). The lowest BCUT2D eigenvalue weighted by Gasteiger charge is -2.24. The summed E-state index contributed by atoms with van der Waals surface area (Å²) in [5.41, 5.74) is 1.82. The van der Waals surface area contributed by atoms with Gasteiger partial charge >= 0.3 is 0 Å². The van der Waals surface area contributed by atoms with E-state index in [1.807, 2.05) is 6.07 Å². The van der Waals surface area contributed by atoms with Crippen LogP contribution in [0.2, 0.25) is 10.0 Å². The molecule has 0 radical (unpaired) electrons. The number of para-hydroxylation sites is 1. The van der Waals surface area contributed by atoms with E-state index in [-0.39, 0.29) is 5.91 Å². The van der Waals surface area contributed by atoms with Crippen LogP contribution in [0.25, 0.3) is 0 Å². The third kappa shape index (κ3) is 4.10. The van der Waals surface area contributed by atoms with Gasteiger partial charge in [-0.3, -0.25) is 9.69 Å². The van der Waals surface area contributed by atoms with Crippen LogP contribution in [-0.2, 0) is 4.79 Å². The van der Waals surface area contributed by atoms with Gasteiger partial charge in [-0.2, -0.15) is 0 Å². The SMILES string of the molecule is O=C(CCN1CCCC1c1ccccc1)Nc1c(Cl)cccc1Cl. The van der Waals surface area contributed by atoms with Gasteiger partial charge in [0.2, 0.25) is 5.91 Å². The third-order valence-electron chi connectivity index (χ3n) is 4.40. The van der Waals surface area contributed by atoms with Crippen molar-refractivity contribution in [1.82, 2.24) is 4.90 Å². The number of likely N-dealkylation sites (tertiary alicyclic amines) is 1. The molecule has 1 aliphatic rings. The first-order valence-corrected chi connectivity index (χ1v) is 8.93. The molecular formula is C19H20Cl2N2O. The summed E-state index contributed by atoms with van der Waals surface area (Å²) in [5.74, 6) is -0.0660. The van der Waals surface area contributed by atoms with Gasteiger partial charge < -0.3 is 5.32 Å². The zero-order valence-electron chi connectivity index (χ0n) is 13.3. The predicted molar refractivity (Wildman–Crippen MR) is 99.7 cm³/mol. The van der Waals surface area contributed by atoms with Crippen LogP contribution in [-0.4, -0.2) is 23.9 Å². The summed E-state index contributed by atoms with van der Waals surface area (Å²) in [6, 6.07) is 16.1. The summed E-state index contributed by atoms with van der Waals surface area (Å²) in [6.45, 7) is 1.76. The number of anilines is 1. The fraction of sp³-hybridized carbons (Fsp3) is 0.316. The van der Waals surface area contributed by atoms with E-state index in [9.17, 15) is 4.79 Å². The van der Waals surface area contributed by atoms with Gasteiger partial charge in [0.25, 0.3) is 0 Å². The van der Waals surface area contributed by atoms with Gasteiger partial charge in [-0.05, 0) is 37.1 Å². The first-order chi connectivity index (χ1) is 11.6. The lowest BCUT2D eigenvalue weighted by atomic mass is 10.0. The van der Waals surface area contributed by atoms with Gasteiger partial charge in [0, 0.05) is 19.0 Å². The van der Waals surface area contributed by atoms with E-state index >= 15 is 0 Å². The first kappa shape index (κ1) is 17.3. The largest absolute Gasteiger partial charge is 0.324 e. The van der Waals surface area contributed by atoms with Crippen LogP contribution in [0, 0.1) is 0 Å². The third-order valence-corrected chi connectivity index (χ3v) is 5.03. The number of carbonyl (C=O) groups is 1. The average Bonchev–Trinajstić information content (AvgIpc) is 3.06. The highest BCUT2D eigenvalue weighted by atomic mass is 35.5. The molecule has 1 heterocycles. The van der Waals surface area contributed by atoms with Crippen molar-refractivity contribution >= 4 is 34.8 Å². The van der Waals surface area contributed by atoms with Gasteiger partial charge in [0.15, 0.2) is 0 Å². The van der Waals surface area contributed by atoms with E-state index in [2.05, 4.69) is 34.5 Å². The highest BCUT2D eigenvalue weighted by Gasteiger charge is 2.26. The monoisotopic (exact) mass is 362 g/mol. The maximum Gasteiger partial charge on any atom is 0.225 e. The topological polar surface area (TPSA) is 32.3 Å². The lowest BCUT2D eigenvalue weighted by Crippen LogP contribution is -2.27. The minimum absolute atomic E-state index is 0.0660. The van der Waals surface area contributed by atoms with E-state index < -0.39 is 0 Å². The van der Waals surface area contributed by atoms with Crippen LogP contribution in [0.5, 0.6) is 0 Å². The van der Waals surface area contributed by atoms with E-state index in [1.165, 1.54) is 5.56 Å². The molecule has 2 aromatic carbocycles. The number of carbonyl (C=O) groups excluding carboxylic acids is 1. The molecule has 0 spiro atoms. The molecule has 1 amide bonds. The molecule has 1 saturated heterocycles. The summed E-state index contributed by atoms with van der Waals surface area (Å²) in [7, 11) is 0. The number of amides is 1. The molecule has 3 nitrogen and oxygen atoms in total. The maximum absolute atomic E-state index is 12.3. The molecular weight excluding hydrogens is 343 g/mol. The van der Waals surface area contributed by atoms with Gasteiger partial charge in [-0.1, -0.05) is 59.6 Å². The summed E-state index contributed by atoms with van der Waals surface area (Å²) >= 11 is 12.2. The fourth-order valence-corrected chi connectivity index (χ4v) is 3.70. The second-order valence-corrected chi connectivity index (χ2v) is 6.81. The molecule has 1 unspecified atom stereocenters. The zero-order valence-corrected chi connectivity index (χ0v) is 14.9. The Morgan fingerprint density at radius 1 is 1.08 bits per heavy atom. The number of rotatable bonds is 5. The van der Waals surface area contributed by atoms with Gasteiger partial charge in [-0.15, -0.1) is 0 Å². The predicted octanol–water partition coefficient (Wildman–Crippen LogP) is 5.16. The van der Waals surface area contributed by atoms with E-state index in [0.717, 1.165) is 25.9 Å². The van der Waals surface area contributed by atoms with Crippen molar-refractivity contribution in [2.45, 2.75) is 25.3 Å². The zero-order chi connectivity index (χ0) is 16.9. The molecule has 24 heavy (non-hydrogen) atoms. The lowest BCUT2D eigenvalue weighted by molar-refractivity contribution is -0.116. The molecule has 2 aromatic rings. The molecule has 1 aliphatic heterocycles. The van der Waals surface area contributed by atoms with Crippen LogP contribution in [0.4, 0.5) is 5.69 Å². The molecule has 0 aromatic heterocycles. The van der Waals surface area contributed by atoms with Crippen LogP contribution < -0.4 is 5.32 Å². The van der Waals surface area contributed by atoms with E-state index in [1.54, 1.807) is 18.2 Å². The smallest absolute Gasteiger partial charge is 0.225 e. The minimum atomic E-state index is -0.0660. The summed E-state index contributed by atoms with van der Waals surface area (Å²) < 4.78 is 0. The summed E-state index contributed by atoms with van der Waals surface area (Å²) in [6.07, 6.45) is 2.73. The van der Waals surface area contributed by atoms with Crippen molar-refractivity contribution in [3.8, 4) is 0 Å². The van der Waals surface area contributed by atoms with Gasteiger partial charge in [-0.25, -0.2) is 0 Å². The van der Waals surface area contributed by atoms with Gasteiger partial charge in [0.1, 0.15) is 0 Å². The number of nitrogens with one attached hydrogen (secondary N) is 1. The number of hydrogen-bond donors (Lipinski definition) is 1. The number of hydrogen-bond acceptors (Lipinski definition) is 2. The normalized spacial score (nSPS) is 17.8. The van der Waals surface area contributed by atoms with Gasteiger partial charge in [0.05, 0.1) is 15.7 Å². The van der Waals surface area contributed by atoms with Crippen LogP contribution in [0.1, 0.15) is 30.9 Å². The van der Waals surface area contributed by atoms with Crippen molar-refractivity contribution < 1.29 is 4.79 Å². The summed E-state index contributed by atoms with van der Waals surface area (Å²) in [4.78, 5) is 14.6. The Kier molecular flexibility index (Phi) is 5.77. The molecule has 0 saturated carbocycles. The van der Waals surface area contributed by atoms with E-state index in [0.29, 0.717) is 28.2 Å². The van der Waals surface area contributed by atoms with Crippen molar-refractivity contribution in [3.05, 3.63) is 64.1 Å². The second-order valence-electron chi connectivity index (χ2n) is 6.00. The molecule has 1 atom stereocenters. The van der Waals surface area contributed by atoms with E-state index in [4.69, 9.17) is 23.2 Å². The molecule has 126 valence electrons. The maximum atomic E-state index is 12.3.